The summed E-state index contributed by atoms with van der Waals surface area (Å²) in [5.41, 5.74) is 1.16. The number of amides is 1. The van der Waals surface area contributed by atoms with E-state index in [4.69, 9.17) is 32.9 Å². The SMILES string of the molecule is CCC(C)C(=O)Nc1nc2c(ncn2[C@@H]2O[C@H](COC(c3ccccc3)(c3ccc(OC)cc3)c3ccc(OC)cc3)[C@H](OP(CCCC#N)N(C(C)C)C(C)C)[C@@H]2O[Si](C)(C)C(C)(C)C)c(=O)[nH]1. The number of nitriles is 1. The van der Waals surface area contributed by atoms with E-state index in [2.05, 4.69) is 99.7 Å². The fourth-order valence-corrected chi connectivity index (χ4v) is 12.2. The van der Waals surface area contributed by atoms with Gasteiger partial charge in [0.05, 0.1) is 33.2 Å². The van der Waals surface area contributed by atoms with Crippen molar-refractivity contribution in [2.45, 2.75) is 142 Å². The van der Waals surface area contributed by atoms with Gasteiger partial charge in [0.2, 0.25) is 11.9 Å². The molecule has 69 heavy (non-hydrogen) atoms. The molecule has 5 aromatic rings. The summed E-state index contributed by atoms with van der Waals surface area (Å²) in [5, 5.41) is 12.3. The van der Waals surface area contributed by atoms with Gasteiger partial charge >= 0.3 is 0 Å². The average molecular weight is 982 g/mol. The largest absolute Gasteiger partial charge is 0.497 e. The van der Waals surface area contributed by atoms with Crippen molar-refractivity contribution in [2.24, 2.45) is 5.92 Å². The fraction of sp³-hybridized carbons (Fsp3) is 0.519. The van der Waals surface area contributed by atoms with Gasteiger partial charge in [0.1, 0.15) is 43.7 Å². The van der Waals surface area contributed by atoms with Crippen molar-refractivity contribution in [1.29, 1.82) is 5.26 Å². The maximum atomic E-state index is 13.7. The van der Waals surface area contributed by atoms with Crippen molar-refractivity contribution in [2.75, 3.05) is 32.3 Å². The van der Waals surface area contributed by atoms with Crippen LogP contribution in [0.15, 0.2) is 90.0 Å². The molecule has 1 aliphatic rings. The van der Waals surface area contributed by atoms with E-state index >= 15 is 0 Å². The Bertz CT molecular complexity index is 2500. The summed E-state index contributed by atoms with van der Waals surface area (Å²) >= 11 is 0. The molecule has 0 bridgehead atoms. The number of unbranched alkanes of at least 4 members (excludes halogenated alkanes) is 1. The summed E-state index contributed by atoms with van der Waals surface area (Å²) in [7, 11) is -0.739. The molecule has 2 aromatic heterocycles. The van der Waals surface area contributed by atoms with Crippen LogP contribution in [0.25, 0.3) is 11.2 Å². The number of nitrogens with one attached hydrogen (secondary N) is 2. The van der Waals surface area contributed by atoms with Crippen molar-refractivity contribution >= 4 is 39.6 Å². The number of rotatable bonds is 22. The van der Waals surface area contributed by atoms with Crippen molar-refractivity contribution in [3.8, 4) is 17.6 Å². The summed E-state index contributed by atoms with van der Waals surface area (Å²) in [5.74, 6) is 0.818. The van der Waals surface area contributed by atoms with Crippen molar-refractivity contribution in [1.82, 2.24) is 24.2 Å². The van der Waals surface area contributed by atoms with Crippen LogP contribution >= 0.6 is 8.30 Å². The number of anilines is 1. The van der Waals surface area contributed by atoms with E-state index < -0.39 is 52.3 Å². The van der Waals surface area contributed by atoms with E-state index in [0.29, 0.717) is 36.9 Å². The summed E-state index contributed by atoms with van der Waals surface area (Å²) in [6.45, 7) is 23.4. The fourth-order valence-electron chi connectivity index (χ4n) is 8.48. The lowest BCUT2D eigenvalue weighted by Crippen LogP contribution is -2.50. The van der Waals surface area contributed by atoms with Gasteiger partial charge in [0, 0.05) is 30.6 Å². The molecule has 6 atom stereocenters. The standard InChI is InChI=1S/C52H72N7O8PSi/c1-14-36(6)47(60)56-50-55-46-43(48(61)57-50)54-33-58(46)49-45(67-69(12,13)51(7,8)9)44(66-68(31-19-18-30-53)59(34(2)3)35(4)5)42(65-49)32-64-52(37-20-16-15-17-21-37,38-22-26-40(62-10)27-23-38)39-24-28-41(63-11)29-25-39/h15-17,20-29,33-36,42,44-45,49H,14,18-19,31-32H2,1-13H3,(H2,55,56,57,60,61)/t36?,42-,44+,45+,49-,68?/m1/s1. The number of aromatic amines is 1. The maximum absolute atomic E-state index is 13.7. The number of carbonyl (C=O) groups is 1. The average Bonchev–Trinajstić information content (AvgIpc) is 3.89. The van der Waals surface area contributed by atoms with E-state index in [1.54, 1.807) is 25.1 Å². The van der Waals surface area contributed by atoms with Crippen LogP contribution in [-0.2, 0) is 28.8 Å². The van der Waals surface area contributed by atoms with Gasteiger partial charge in [-0.15, -0.1) is 0 Å². The molecule has 372 valence electrons. The minimum Gasteiger partial charge on any atom is -0.497 e. The lowest BCUT2D eigenvalue weighted by molar-refractivity contribution is -0.119. The molecule has 3 aromatic carbocycles. The molecular weight excluding hydrogens is 910 g/mol. The number of benzene rings is 3. The quantitative estimate of drug-likeness (QED) is 0.0291. The van der Waals surface area contributed by atoms with Gasteiger partial charge < -0.3 is 27.9 Å². The van der Waals surface area contributed by atoms with Crippen LogP contribution < -0.4 is 20.3 Å². The number of hydrogen-bond donors (Lipinski definition) is 2. The summed E-state index contributed by atoms with van der Waals surface area (Å²) in [4.78, 5) is 38.9. The third kappa shape index (κ3) is 11.8. The Hall–Kier alpha value is -4.98. The van der Waals surface area contributed by atoms with Crippen LogP contribution in [-0.4, -0.2) is 95.8 Å². The highest BCUT2D eigenvalue weighted by molar-refractivity contribution is 7.50. The number of fused-ring (bicyclic) bond motifs is 1. The Morgan fingerprint density at radius 2 is 1.51 bits per heavy atom. The molecule has 0 radical (unpaired) electrons. The van der Waals surface area contributed by atoms with Gasteiger partial charge in [-0.1, -0.05) is 89.2 Å². The van der Waals surface area contributed by atoms with Gasteiger partial charge in [-0.2, -0.15) is 10.2 Å². The highest BCUT2D eigenvalue weighted by atomic mass is 31.2. The summed E-state index contributed by atoms with van der Waals surface area (Å²) in [6, 6.07) is 28.4. The van der Waals surface area contributed by atoms with Gasteiger partial charge in [0.25, 0.3) is 5.56 Å². The van der Waals surface area contributed by atoms with Gasteiger partial charge in [-0.05, 0) is 99.6 Å². The van der Waals surface area contributed by atoms with Crippen LogP contribution in [0.1, 0.15) is 104 Å². The van der Waals surface area contributed by atoms with Gasteiger partial charge in [-0.25, -0.2) is 4.98 Å². The third-order valence-electron chi connectivity index (χ3n) is 13.4. The second kappa shape index (κ2) is 22.8. The lowest BCUT2D eigenvalue weighted by atomic mass is 9.80. The number of imidazole rings is 1. The maximum Gasteiger partial charge on any atom is 0.280 e. The van der Waals surface area contributed by atoms with Crippen LogP contribution in [0.5, 0.6) is 11.5 Å². The molecule has 0 aliphatic carbocycles. The molecule has 3 heterocycles. The normalized spacial score (nSPS) is 18.7. The van der Waals surface area contributed by atoms with Crippen molar-refractivity contribution < 1.29 is 32.7 Å². The number of ether oxygens (including phenoxy) is 4. The molecule has 2 N–H and O–H groups in total. The number of carbonyl (C=O) groups excluding carboxylic acids is 1. The second-order valence-electron chi connectivity index (χ2n) is 19.7. The predicted molar refractivity (Wildman–Crippen MR) is 274 cm³/mol. The minimum absolute atomic E-state index is 0.00393. The number of hydrogen-bond acceptors (Lipinski definition) is 12. The molecule has 0 spiro atoms. The molecular formula is C52H72N7O8PSi. The molecule has 1 amide bonds. The lowest BCUT2D eigenvalue weighted by Gasteiger charge is -2.43. The zero-order valence-electron chi connectivity index (χ0n) is 42.6. The first kappa shape index (κ1) is 53.4. The Morgan fingerprint density at radius 3 is 2.03 bits per heavy atom. The first-order valence-electron chi connectivity index (χ1n) is 24.0. The van der Waals surface area contributed by atoms with Crippen LogP contribution in [0.4, 0.5) is 5.95 Å². The molecule has 1 fully saturated rings. The first-order chi connectivity index (χ1) is 32.8. The molecule has 17 heteroatoms. The molecule has 6 rings (SSSR count). The Labute approximate surface area is 410 Å². The number of H-pyrrole nitrogens is 1. The van der Waals surface area contributed by atoms with Crippen LogP contribution in [0.2, 0.25) is 18.1 Å². The second-order valence-corrected chi connectivity index (χ2v) is 26.3. The molecule has 15 nitrogen and oxygen atoms in total. The molecule has 1 saturated heterocycles. The summed E-state index contributed by atoms with van der Waals surface area (Å²) < 4.78 is 45.5. The van der Waals surface area contributed by atoms with Crippen LogP contribution in [0.3, 0.4) is 0 Å². The minimum atomic E-state index is -2.67. The van der Waals surface area contributed by atoms with E-state index in [1.165, 1.54) is 0 Å². The smallest absolute Gasteiger partial charge is 0.280 e. The Morgan fingerprint density at radius 1 is 0.928 bits per heavy atom. The van der Waals surface area contributed by atoms with E-state index in [0.717, 1.165) is 16.7 Å². The van der Waals surface area contributed by atoms with Crippen molar-refractivity contribution in [3.05, 3.63) is 112 Å². The topological polar surface area (TPSA) is 175 Å². The molecule has 0 saturated carbocycles. The highest BCUT2D eigenvalue weighted by Crippen LogP contribution is 2.52. The zero-order chi connectivity index (χ0) is 50.3. The number of nitrogens with zero attached hydrogens (tertiary/aromatic N) is 5. The van der Waals surface area contributed by atoms with Gasteiger partial charge in [-0.3, -0.25) is 29.1 Å². The summed E-state index contributed by atoms with van der Waals surface area (Å²) in [6.07, 6.45) is 0.585. The number of aromatic nitrogens is 4. The predicted octanol–water partition coefficient (Wildman–Crippen LogP) is 10.5. The highest BCUT2D eigenvalue weighted by Gasteiger charge is 2.54. The Balaban J connectivity index is 1.58. The third-order valence-corrected chi connectivity index (χ3v) is 20.5. The van der Waals surface area contributed by atoms with E-state index in [-0.39, 0.29) is 52.7 Å². The first-order valence-corrected chi connectivity index (χ1v) is 28.3. The Kier molecular flexibility index (Phi) is 17.7. The number of methoxy groups -OCH3 is 2. The zero-order valence-corrected chi connectivity index (χ0v) is 44.5. The van der Waals surface area contributed by atoms with Gasteiger partial charge in [0.15, 0.2) is 25.7 Å². The van der Waals surface area contributed by atoms with Crippen LogP contribution in [0, 0.1) is 17.2 Å². The monoisotopic (exact) mass is 981 g/mol. The van der Waals surface area contributed by atoms with E-state index in [1.807, 2.05) is 80.6 Å². The van der Waals surface area contributed by atoms with Crippen molar-refractivity contribution in [3.63, 3.8) is 0 Å². The molecule has 2 unspecified atom stereocenters. The molecule has 1 aliphatic heterocycles. The van der Waals surface area contributed by atoms with E-state index in [9.17, 15) is 14.9 Å².